The van der Waals surface area contributed by atoms with Gasteiger partial charge in [-0.05, 0) is 54.8 Å². The first-order valence-electron chi connectivity index (χ1n) is 9.80. The molecule has 4 rings (SSSR count). The number of carbonyl (C=O) groups excluding carboxylic acids is 2. The lowest BCUT2D eigenvalue weighted by atomic mass is 10.3. The Hall–Kier alpha value is -3.08. The summed E-state index contributed by atoms with van der Waals surface area (Å²) >= 11 is 4.30. The Morgan fingerprint density at radius 1 is 0.970 bits per heavy atom. The lowest BCUT2D eigenvalue weighted by molar-refractivity contribution is -0.113. The van der Waals surface area contributed by atoms with Gasteiger partial charge in [0.15, 0.2) is 4.34 Å². The van der Waals surface area contributed by atoms with Gasteiger partial charge in [0.1, 0.15) is 5.82 Å². The van der Waals surface area contributed by atoms with Crippen molar-refractivity contribution in [2.24, 2.45) is 0 Å². The second kappa shape index (κ2) is 10.7. The maximum atomic E-state index is 13.7. The molecule has 0 saturated heterocycles. The highest BCUT2D eigenvalue weighted by Gasteiger charge is 2.11. The van der Waals surface area contributed by atoms with Crippen molar-refractivity contribution in [3.63, 3.8) is 0 Å². The van der Waals surface area contributed by atoms with Gasteiger partial charge in [0, 0.05) is 16.3 Å². The third-order valence-corrected chi connectivity index (χ3v) is 7.32. The molecule has 168 valence electrons. The molecular weight excluding hydrogens is 479 g/mol. The number of anilines is 3. The van der Waals surface area contributed by atoms with Gasteiger partial charge in [0.25, 0.3) is 0 Å². The molecule has 0 atom stereocenters. The number of benzene rings is 3. The fourth-order valence-corrected chi connectivity index (χ4v) is 5.28. The Morgan fingerprint density at radius 2 is 1.76 bits per heavy atom. The maximum absolute atomic E-state index is 13.7. The van der Waals surface area contributed by atoms with E-state index in [9.17, 15) is 14.0 Å². The maximum Gasteiger partial charge on any atom is 0.323 e. The van der Waals surface area contributed by atoms with Crippen molar-refractivity contribution in [3.05, 3.63) is 72.5 Å². The number of rotatable bonds is 7. The average molecular weight is 499 g/mol. The molecule has 0 fully saturated rings. The van der Waals surface area contributed by atoms with Crippen LogP contribution in [0, 0.1) is 5.82 Å². The summed E-state index contributed by atoms with van der Waals surface area (Å²) in [5.74, 6) is -0.678. The van der Waals surface area contributed by atoms with E-state index in [1.807, 2.05) is 42.7 Å². The van der Waals surface area contributed by atoms with Gasteiger partial charge in [-0.3, -0.25) is 4.79 Å². The molecule has 33 heavy (non-hydrogen) atoms. The number of amides is 3. The predicted molar refractivity (Wildman–Crippen MR) is 136 cm³/mol. The lowest BCUT2D eigenvalue weighted by Crippen LogP contribution is -2.19. The Balaban J connectivity index is 1.35. The number of thioether (sulfide) groups is 2. The largest absolute Gasteiger partial charge is 0.323 e. The van der Waals surface area contributed by atoms with Crippen LogP contribution in [0.1, 0.15) is 0 Å². The Bertz CT molecular complexity index is 1310. The minimum Gasteiger partial charge on any atom is -0.323 e. The standard InChI is InChI=1S/C23H19FN4O2S3/c1-31-16-6-4-5-14(11-16)25-22(30)26-15-9-10-19-20(12-15)33-23(28-19)32-13-21(29)27-18-8-3-2-7-17(18)24/h2-12H,13H2,1H3,(H,27,29)(H2,25,26,30). The topological polar surface area (TPSA) is 83.1 Å². The molecule has 1 heterocycles. The highest BCUT2D eigenvalue weighted by atomic mass is 32.2. The number of hydrogen-bond donors (Lipinski definition) is 3. The normalized spacial score (nSPS) is 10.7. The summed E-state index contributed by atoms with van der Waals surface area (Å²) in [6, 6.07) is 18.7. The van der Waals surface area contributed by atoms with Gasteiger partial charge < -0.3 is 16.0 Å². The zero-order chi connectivity index (χ0) is 23.2. The summed E-state index contributed by atoms with van der Waals surface area (Å²) in [6.07, 6.45) is 1.98. The first kappa shape index (κ1) is 23.1. The van der Waals surface area contributed by atoms with Gasteiger partial charge >= 0.3 is 6.03 Å². The Labute approximate surface area is 202 Å². The van der Waals surface area contributed by atoms with Crippen molar-refractivity contribution in [3.8, 4) is 0 Å². The average Bonchev–Trinajstić information content (AvgIpc) is 3.21. The summed E-state index contributed by atoms with van der Waals surface area (Å²) in [4.78, 5) is 30.1. The number of nitrogens with zero attached hydrogens (tertiary/aromatic N) is 1. The summed E-state index contributed by atoms with van der Waals surface area (Å²) < 4.78 is 15.3. The summed E-state index contributed by atoms with van der Waals surface area (Å²) in [5, 5.41) is 8.21. The van der Waals surface area contributed by atoms with Crippen LogP contribution >= 0.6 is 34.9 Å². The van der Waals surface area contributed by atoms with Crippen molar-refractivity contribution in [2.75, 3.05) is 28.0 Å². The molecule has 0 bridgehead atoms. The molecule has 0 aliphatic rings. The van der Waals surface area contributed by atoms with Crippen molar-refractivity contribution < 1.29 is 14.0 Å². The first-order valence-corrected chi connectivity index (χ1v) is 12.8. The van der Waals surface area contributed by atoms with E-state index in [1.54, 1.807) is 30.0 Å². The summed E-state index contributed by atoms with van der Waals surface area (Å²) in [5.41, 5.74) is 2.28. The molecule has 0 aliphatic heterocycles. The summed E-state index contributed by atoms with van der Waals surface area (Å²) in [7, 11) is 0. The number of halogens is 1. The van der Waals surface area contributed by atoms with Crippen LogP contribution in [0.2, 0.25) is 0 Å². The molecule has 3 N–H and O–H groups in total. The van der Waals surface area contributed by atoms with Crippen LogP contribution in [0.3, 0.4) is 0 Å². The molecule has 6 nitrogen and oxygen atoms in total. The monoisotopic (exact) mass is 498 g/mol. The van der Waals surface area contributed by atoms with E-state index in [2.05, 4.69) is 20.9 Å². The van der Waals surface area contributed by atoms with E-state index >= 15 is 0 Å². The number of carbonyl (C=O) groups is 2. The molecule has 3 aromatic carbocycles. The quantitative estimate of drug-likeness (QED) is 0.252. The third-order valence-electron chi connectivity index (χ3n) is 4.43. The van der Waals surface area contributed by atoms with Crippen LogP contribution in [0.25, 0.3) is 10.2 Å². The van der Waals surface area contributed by atoms with Crippen molar-refractivity contribution in [2.45, 2.75) is 9.24 Å². The van der Waals surface area contributed by atoms with E-state index < -0.39 is 5.82 Å². The zero-order valence-corrected chi connectivity index (χ0v) is 19.9. The molecule has 0 spiro atoms. The molecular formula is C23H19FN4O2S3. The molecule has 0 unspecified atom stereocenters. The molecule has 0 radical (unpaired) electrons. The van der Waals surface area contributed by atoms with E-state index in [4.69, 9.17) is 0 Å². The van der Waals surface area contributed by atoms with Gasteiger partial charge in [-0.2, -0.15) is 0 Å². The predicted octanol–water partition coefficient (Wildman–Crippen LogP) is 6.53. The van der Waals surface area contributed by atoms with E-state index in [-0.39, 0.29) is 23.4 Å². The number of aromatic nitrogens is 1. The number of para-hydroxylation sites is 1. The van der Waals surface area contributed by atoms with Crippen LogP contribution in [0.5, 0.6) is 0 Å². The second-order valence-corrected chi connectivity index (χ2v) is 9.92. The second-order valence-electron chi connectivity index (χ2n) is 6.79. The molecule has 0 saturated carbocycles. The number of urea groups is 1. The van der Waals surface area contributed by atoms with Gasteiger partial charge in [-0.15, -0.1) is 23.1 Å². The Kier molecular flexibility index (Phi) is 7.48. The lowest BCUT2D eigenvalue weighted by Gasteiger charge is -2.08. The number of hydrogen-bond acceptors (Lipinski definition) is 6. The molecule has 4 aromatic rings. The highest BCUT2D eigenvalue weighted by molar-refractivity contribution is 8.01. The van der Waals surface area contributed by atoms with Gasteiger partial charge in [-0.1, -0.05) is 30.0 Å². The number of thiazole rings is 1. The van der Waals surface area contributed by atoms with Crippen molar-refractivity contribution in [1.29, 1.82) is 0 Å². The van der Waals surface area contributed by atoms with Crippen LogP contribution in [-0.4, -0.2) is 28.9 Å². The summed E-state index contributed by atoms with van der Waals surface area (Å²) in [6.45, 7) is 0. The van der Waals surface area contributed by atoms with Crippen molar-refractivity contribution in [1.82, 2.24) is 4.98 Å². The smallest absolute Gasteiger partial charge is 0.323 e. The van der Waals surface area contributed by atoms with Crippen LogP contribution in [0.4, 0.5) is 26.2 Å². The third kappa shape index (κ3) is 6.25. The minimum absolute atomic E-state index is 0.108. The van der Waals surface area contributed by atoms with Gasteiger partial charge in [-0.25, -0.2) is 14.2 Å². The fourth-order valence-electron chi connectivity index (χ4n) is 2.91. The molecule has 10 heteroatoms. The number of fused-ring (bicyclic) bond motifs is 1. The zero-order valence-electron chi connectivity index (χ0n) is 17.4. The minimum atomic E-state index is -0.475. The van der Waals surface area contributed by atoms with Crippen LogP contribution in [-0.2, 0) is 4.79 Å². The van der Waals surface area contributed by atoms with E-state index in [0.29, 0.717) is 15.7 Å². The molecule has 3 amide bonds. The SMILES string of the molecule is CSc1cccc(NC(=O)Nc2ccc3nc(SCC(=O)Nc4ccccc4F)sc3c2)c1. The number of nitrogens with one attached hydrogen (secondary N) is 3. The van der Waals surface area contributed by atoms with E-state index in [1.165, 1.54) is 35.2 Å². The molecule has 1 aromatic heterocycles. The molecule has 0 aliphatic carbocycles. The van der Waals surface area contributed by atoms with Gasteiger partial charge in [0.2, 0.25) is 5.91 Å². The highest BCUT2D eigenvalue weighted by Crippen LogP contribution is 2.31. The van der Waals surface area contributed by atoms with Crippen LogP contribution in [0.15, 0.2) is 76.0 Å². The van der Waals surface area contributed by atoms with Crippen molar-refractivity contribution >= 4 is 74.1 Å². The first-order chi connectivity index (χ1) is 16.0. The fraction of sp³-hybridized carbons (Fsp3) is 0.0870. The van der Waals surface area contributed by atoms with Crippen LogP contribution < -0.4 is 16.0 Å². The van der Waals surface area contributed by atoms with E-state index in [0.717, 1.165) is 15.1 Å². The Morgan fingerprint density at radius 3 is 2.55 bits per heavy atom. The van der Waals surface area contributed by atoms with Gasteiger partial charge in [0.05, 0.1) is 21.7 Å².